The summed E-state index contributed by atoms with van der Waals surface area (Å²) < 4.78 is 1.40. The molecule has 0 amide bonds. The summed E-state index contributed by atoms with van der Waals surface area (Å²) in [7, 11) is 0. The molecule has 0 aliphatic rings. The molecular formula is C15H16N6O. The van der Waals surface area contributed by atoms with Crippen LogP contribution in [0.4, 0.5) is 5.69 Å². The van der Waals surface area contributed by atoms with Gasteiger partial charge in [-0.2, -0.15) is 9.62 Å². The average Bonchev–Trinajstić information content (AvgIpc) is 2.87. The molecule has 0 saturated carbocycles. The van der Waals surface area contributed by atoms with E-state index in [9.17, 15) is 4.79 Å². The van der Waals surface area contributed by atoms with Crippen LogP contribution < -0.4 is 11.0 Å². The van der Waals surface area contributed by atoms with Gasteiger partial charge in [0.1, 0.15) is 5.69 Å². The van der Waals surface area contributed by atoms with Crippen molar-refractivity contribution >= 4 is 17.0 Å². The Morgan fingerprint density at radius 3 is 2.68 bits per heavy atom. The number of aromatic amines is 1. The minimum absolute atomic E-state index is 0.205. The van der Waals surface area contributed by atoms with E-state index in [4.69, 9.17) is 0 Å². The second-order valence-corrected chi connectivity index (χ2v) is 5.04. The van der Waals surface area contributed by atoms with Crippen LogP contribution in [0.2, 0.25) is 0 Å². The van der Waals surface area contributed by atoms with Crippen LogP contribution in [0.1, 0.15) is 23.9 Å². The number of H-pyrrole nitrogens is 1. The Balaban J connectivity index is 2.04. The zero-order valence-corrected chi connectivity index (χ0v) is 12.6. The second kappa shape index (κ2) is 5.44. The van der Waals surface area contributed by atoms with Gasteiger partial charge in [0.05, 0.1) is 17.0 Å². The number of para-hydroxylation sites is 1. The molecule has 0 radical (unpaired) electrons. The van der Waals surface area contributed by atoms with Gasteiger partial charge in [0.25, 0.3) is 5.56 Å². The second-order valence-electron chi connectivity index (χ2n) is 5.04. The Labute approximate surface area is 126 Å². The van der Waals surface area contributed by atoms with Crippen molar-refractivity contribution in [2.24, 2.45) is 5.10 Å². The van der Waals surface area contributed by atoms with Crippen molar-refractivity contribution in [2.45, 2.75) is 20.8 Å². The zero-order chi connectivity index (χ0) is 15.7. The van der Waals surface area contributed by atoms with Crippen molar-refractivity contribution in [1.82, 2.24) is 19.8 Å². The van der Waals surface area contributed by atoms with Crippen molar-refractivity contribution in [3.05, 3.63) is 57.6 Å². The van der Waals surface area contributed by atoms with Gasteiger partial charge in [-0.15, -0.1) is 10.2 Å². The zero-order valence-electron chi connectivity index (χ0n) is 12.6. The minimum atomic E-state index is -0.205. The van der Waals surface area contributed by atoms with Crippen LogP contribution in [-0.2, 0) is 0 Å². The molecule has 0 fully saturated rings. The van der Waals surface area contributed by atoms with Crippen LogP contribution in [0.5, 0.6) is 0 Å². The first-order chi connectivity index (χ1) is 10.6. The SMILES string of the molecule is CC(=NNc1ccccc1)c1c(C)[nH]n2c(=O)c(C)nnc12. The molecule has 0 bridgehead atoms. The van der Waals surface area contributed by atoms with E-state index in [0.29, 0.717) is 11.3 Å². The lowest BCUT2D eigenvalue weighted by Gasteiger charge is -2.02. The van der Waals surface area contributed by atoms with E-state index in [2.05, 4.69) is 25.8 Å². The van der Waals surface area contributed by atoms with E-state index in [1.165, 1.54) is 4.52 Å². The molecule has 3 aromatic rings. The van der Waals surface area contributed by atoms with E-state index < -0.39 is 0 Å². The summed E-state index contributed by atoms with van der Waals surface area (Å²) in [6.45, 7) is 5.37. The van der Waals surface area contributed by atoms with Gasteiger partial charge in [0, 0.05) is 5.69 Å². The van der Waals surface area contributed by atoms with E-state index in [1.807, 2.05) is 44.2 Å². The molecule has 0 saturated heterocycles. The van der Waals surface area contributed by atoms with E-state index in [-0.39, 0.29) is 5.56 Å². The molecular weight excluding hydrogens is 280 g/mol. The van der Waals surface area contributed by atoms with Crippen molar-refractivity contribution in [1.29, 1.82) is 0 Å². The molecule has 2 N–H and O–H groups in total. The van der Waals surface area contributed by atoms with Crippen molar-refractivity contribution in [3.8, 4) is 0 Å². The van der Waals surface area contributed by atoms with Gasteiger partial charge in [-0.1, -0.05) is 18.2 Å². The normalized spacial score (nSPS) is 11.9. The van der Waals surface area contributed by atoms with Gasteiger partial charge in [0.2, 0.25) is 0 Å². The Bertz CT molecular complexity index is 907. The predicted molar refractivity (Wildman–Crippen MR) is 85.4 cm³/mol. The topological polar surface area (TPSA) is 87.4 Å². The molecule has 1 aromatic carbocycles. The minimum Gasteiger partial charge on any atom is -0.293 e. The molecule has 3 rings (SSSR count). The van der Waals surface area contributed by atoms with Crippen molar-refractivity contribution < 1.29 is 0 Å². The number of hydrogen-bond donors (Lipinski definition) is 2. The highest BCUT2D eigenvalue weighted by Crippen LogP contribution is 2.13. The lowest BCUT2D eigenvalue weighted by atomic mass is 10.2. The Morgan fingerprint density at radius 2 is 1.95 bits per heavy atom. The Hall–Kier alpha value is -2.96. The van der Waals surface area contributed by atoms with E-state index >= 15 is 0 Å². The van der Waals surface area contributed by atoms with Gasteiger partial charge in [-0.05, 0) is 32.9 Å². The first kappa shape index (κ1) is 14.0. The molecule has 2 aromatic heterocycles. The van der Waals surface area contributed by atoms with Crippen molar-refractivity contribution in [3.63, 3.8) is 0 Å². The molecule has 0 aliphatic heterocycles. The van der Waals surface area contributed by atoms with Crippen molar-refractivity contribution in [2.75, 3.05) is 5.43 Å². The summed E-state index contributed by atoms with van der Waals surface area (Å²) in [5.41, 5.74) is 6.80. The first-order valence-electron chi connectivity index (χ1n) is 6.88. The van der Waals surface area contributed by atoms with Crippen LogP contribution in [-0.4, -0.2) is 25.5 Å². The van der Waals surface area contributed by atoms with Gasteiger partial charge in [0.15, 0.2) is 5.65 Å². The van der Waals surface area contributed by atoms with Crippen LogP contribution in [0.15, 0.2) is 40.2 Å². The number of anilines is 1. The average molecular weight is 296 g/mol. The molecule has 0 spiro atoms. The fourth-order valence-corrected chi connectivity index (χ4v) is 2.27. The summed E-state index contributed by atoms with van der Waals surface area (Å²) in [6.07, 6.45) is 0. The summed E-state index contributed by atoms with van der Waals surface area (Å²) in [5.74, 6) is 0. The van der Waals surface area contributed by atoms with Gasteiger partial charge in [-0.25, -0.2) is 0 Å². The number of rotatable bonds is 3. The van der Waals surface area contributed by atoms with E-state index in [1.54, 1.807) is 6.92 Å². The third-order valence-corrected chi connectivity index (χ3v) is 3.39. The highest BCUT2D eigenvalue weighted by atomic mass is 16.1. The van der Waals surface area contributed by atoms with Crippen LogP contribution in [0, 0.1) is 13.8 Å². The standard InChI is InChI=1S/C15H16N6O/c1-9(16-18-12-7-5-4-6-8-12)13-10(2)20-21-14(13)19-17-11(3)15(21)22/h4-8,18,20H,1-3H3. The van der Waals surface area contributed by atoms with Crippen LogP contribution >= 0.6 is 0 Å². The molecule has 7 nitrogen and oxygen atoms in total. The van der Waals surface area contributed by atoms with Crippen LogP contribution in [0.25, 0.3) is 5.65 Å². The molecule has 7 heteroatoms. The lowest BCUT2D eigenvalue weighted by molar-refractivity contribution is 0.817. The summed E-state index contributed by atoms with van der Waals surface area (Å²) >= 11 is 0. The van der Waals surface area contributed by atoms with Gasteiger partial charge in [-0.3, -0.25) is 15.3 Å². The molecule has 0 aliphatic carbocycles. The quantitative estimate of drug-likeness (QED) is 0.570. The monoisotopic (exact) mass is 296 g/mol. The molecule has 112 valence electrons. The molecule has 0 atom stereocenters. The van der Waals surface area contributed by atoms with Gasteiger partial charge >= 0.3 is 0 Å². The summed E-state index contributed by atoms with van der Waals surface area (Å²) in [6, 6.07) is 9.64. The third-order valence-electron chi connectivity index (χ3n) is 3.39. The first-order valence-corrected chi connectivity index (χ1v) is 6.88. The Kier molecular flexibility index (Phi) is 3.46. The fourth-order valence-electron chi connectivity index (χ4n) is 2.27. The molecule has 22 heavy (non-hydrogen) atoms. The number of benzene rings is 1. The fraction of sp³-hybridized carbons (Fsp3) is 0.200. The Morgan fingerprint density at radius 1 is 1.23 bits per heavy atom. The van der Waals surface area contributed by atoms with E-state index in [0.717, 1.165) is 22.7 Å². The maximum atomic E-state index is 12.1. The maximum absolute atomic E-state index is 12.1. The number of hydrazone groups is 1. The largest absolute Gasteiger partial charge is 0.294 e. The van der Waals surface area contributed by atoms with Crippen LogP contribution in [0.3, 0.4) is 0 Å². The summed E-state index contributed by atoms with van der Waals surface area (Å²) in [4.78, 5) is 12.1. The molecule has 0 unspecified atom stereocenters. The number of nitrogens with zero attached hydrogens (tertiary/aromatic N) is 4. The number of aromatic nitrogens is 4. The number of aryl methyl sites for hydroxylation is 2. The smallest absolute Gasteiger partial charge is 0.293 e. The number of nitrogens with one attached hydrogen (secondary N) is 2. The maximum Gasteiger partial charge on any atom is 0.294 e. The van der Waals surface area contributed by atoms with Gasteiger partial charge < -0.3 is 0 Å². The number of hydrogen-bond acceptors (Lipinski definition) is 5. The highest BCUT2D eigenvalue weighted by molar-refractivity contribution is 6.05. The highest BCUT2D eigenvalue weighted by Gasteiger charge is 2.15. The summed E-state index contributed by atoms with van der Waals surface area (Å²) in [5, 5.41) is 15.4. The molecule has 2 heterocycles. The lowest BCUT2D eigenvalue weighted by Crippen LogP contribution is -2.19. The third kappa shape index (κ3) is 2.37. The number of fused-ring (bicyclic) bond motifs is 1. The predicted octanol–water partition coefficient (Wildman–Crippen LogP) is 1.87.